The van der Waals surface area contributed by atoms with Crippen molar-refractivity contribution in [2.75, 3.05) is 6.61 Å². The Kier molecular flexibility index (Phi) is 8.74. The topological polar surface area (TPSA) is 9.23 Å². The molecule has 184 valence electrons. The van der Waals surface area contributed by atoms with Gasteiger partial charge in [0, 0.05) is 5.39 Å². The summed E-state index contributed by atoms with van der Waals surface area (Å²) in [7, 11) is 0. The van der Waals surface area contributed by atoms with E-state index in [1.165, 1.54) is 43.2 Å². The molecule has 1 aliphatic rings. The van der Waals surface area contributed by atoms with Crippen molar-refractivity contribution >= 4 is 10.8 Å². The van der Waals surface area contributed by atoms with Crippen molar-refractivity contribution in [3.8, 4) is 5.75 Å². The molecule has 0 aliphatic heterocycles. The fraction of sp³-hybridized carbons (Fsp3) is 0.375. The number of allylic oxidation sites excluding steroid dienone is 2. The van der Waals surface area contributed by atoms with Crippen LogP contribution in [-0.2, 0) is 12.8 Å². The number of halogens is 2. The van der Waals surface area contributed by atoms with E-state index in [0.717, 1.165) is 30.7 Å². The minimum Gasteiger partial charge on any atom is -0.486 e. The zero-order valence-electron chi connectivity index (χ0n) is 20.7. The molecule has 4 rings (SSSR count). The van der Waals surface area contributed by atoms with E-state index in [4.69, 9.17) is 4.74 Å². The van der Waals surface area contributed by atoms with Crippen molar-refractivity contribution in [1.29, 1.82) is 0 Å². The third kappa shape index (κ3) is 6.39. The second kappa shape index (κ2) is 12.2. The molecule has 0 amide bonds. The Bertz CT molecular complexity index is 1150. The molecule has 0 spiro atoms. The van der Waals surface area contributed by atoms with Gasteiger partial charge in [-0.15, -0.1) is 6.58 Å². The van der Waals surface area contributed by atoms with Gasteiger partial charge < -0.3 is 4.74 Å². The summed E-state index contributed by atoms with van der Waals surface area (Å²) < 4.78 is 34.6. The summed E-state index contributed by atoms with van der Waals surface area (Å²) in [5, 5.41) is 0.948. The lowest BCUT2D eigenvalue weighted by Gasteiger charge is -2.28. The molecule has 1 fully saturated rings. The molecule has 3 aromatic rings. The summed E-state index contributed by atoms with van der Waals surface area (Å²) in [6, 6.07) is 16.2. The molecule has 0 aromatic heterocycles. The standard InChI is InChI=1S/C32H36F2O/c1-3-5-7-23-10-15-26(16-11-23)27-17-12-24(13-18-27)8-9-25-14-19-28-22-30(35-20-6-4-2)32(34)31(33)29(28)21-25/h3-4,6,12-14,17-19,21-23,26H,1,5,7-11,15-16,20H2,2H3. The SMILES string of the molecule is C=CCCC1CCC(c2ccc(CCc3ccc4cc(OCC=CC)c(F)c(F)c4c3)cc2)CC1. The number of ether oxygens (including phenoxy) is 1. The maximum absolute atomic E-state index is 14.7. The molecule has 1 aliphatic carbocycles. The molecular weight excluding hydrogens is 438 g/mol. The molecule has 1 nitrogen and oxygen atoms in total. The fourth-order valence-electron chi connectivity index (χ4n) is 5.23. The lowest BCUT2D eigenvalue weighted by molar-refractivity contribution is 0.312. The Labute approximate surface area is 208 Å². The normalized spacial score (nSPS) is 18.3. The summed E-state index contributed by atoms with van der Waals surface area (Å²) >= 11 is 0. The van der Waals surface area contributed by atoms with Crippen molar-refractivity contribution in [3.63, 3.8) is 0 Å². The van der Waals surface area contributed by atoms with E-state index in [2.05, 4.69) is 30.8 Å². The molecule has 0 N–H and O–H groups in total. The van der Waals surface area contributed by atoms with Gasteiger partial charge in [0.2, 0.25) is 5.82 Å². The van der Waals surface area contributed by atoms with E-state index in [-0.39, 0.29) is 12.4 Å². The van der Waals surface area contributed by atoms with Crippen molar-refractivity contribution in [1.82, 2.24) is 0 Å². The van der Waals surface area contributed by atoms with Crippen molar-refractivity contribution in [2.24, 2.45) is 5.92 Å². The van der Waals surface area contributed by atoms with Gasteiger partial charge in [0.15, 0.2) is 11.6 Å². The van der Waals surface area contributed by atoms with Crippen molar-refractivity contribution < 1.29 is 13.5 Å². The zero-order chi connectivity index (χ0) is 24.6. The molecule has 3 heteroatoms. The summed E-state index contributed by atoms with van der Waals surface area (Å²) in [5.41, 5.74) is 3.72. The number of hydrogen-bond donors (Lipinski definition) is 0. The van der Waals surface area contributed by atoms with Gasteiger partial charge in [-0.25, -0.2) is 4.39 Å². The number of aryl methyl sites for hydroxylation is 2. The van der Waals surface area contributed by atoms with E-state index >= 15 is 0 Å². The van der Waals surface area contributed by atoms with Crippen LogP contribution in [0.1, 0.15) is 68.1 Å². The van der Waals surface area contributed by atoms with E-state index in [1.807, 2.05) is 31.2 Å². The minimum absolute atomic E-state index is 0.0498. The highest BCUT2D eigenvalue weighted by Crippen LogP contribution is 2.37. The first-order valence-electron chi connectivity index (χ1n) is 12.9. The third-order valence-corrected chi connectivity index (χ3v) is 7.40. The molecule has 0 unspecified atom stereocenters. The van der Waals surface area contributed by atoms with Gasteiger partial charge in [0.05, 0.1) is 0 Å². The molecular formula is C32H36F2O. The predicted molar refractivity (Wildman–Crippen MR) is 142 cm³/mol. The summed E-state index contributed by atoms with van der Waals surface area (Å²) in [4.78, 5) is 0. The van der Waals surface area contributed by atoms with Crippen LogP contribution in [0.3, 0.4) is 0 Å². The number of hydrogen-bond acceptors (Lipinski definition) is 1. The van der Waals surface area contributed by atoms with Gasteiger partial charge in [-0.3, -0.25) is 0 Å². The van der Waals surface area contributed by atoms with E-state index in [9.17, 15) is 8.78 Å². The summed E-state index contributed by atoms with van der Waals surface area (Å²) in [5.74, 6) is -0.283. The van der Waals surface area contributed by atoms with Crippen LogP contribution in [-0.4, -0.2) is 6.61 Å². The Morgan fingerprint density at radius 2 is 1.63 bits per heavy atom. The Morgan fingerprint density at radius 3 is 2.34 bits per heavy atom. The highest BCUT2D eigenvalue weighted by molar-refractivity contribution is 5.85. The molecule has 1 saturated carbocycles. The Balaban J connectivity index is 1.36. The second-order valence-electron chi connectivity index (χ2n) is 9.76. The number of benzene rings is 3. The first-order chi connectivity index (χ1) is 17.1. The third-order valence-electron chi connectivity index (χ3n) is 7.40. The van der Waals surface area contributed by atoms with Gasteiger partial charge >= 0.3 is 0 Å². The molecule has 0 bridgehead atoms. The van der Waals surface area contributed by atoms with Crippen LogP contribution in [0.4, 0.5) is 8.78 Å². The smallest absolute Gasteiger partial charge is 0.201 e. The van der Waals surface area contributed by atoms with E-state index in [1.54, 1.807) is 18.2 Å². The lowest BCUT2D eigenvalue weighted by Crippen LogP contribution is -2.13. The summed E-state index contributed by atoms with van der Waals surface area (Å²) in [6.07, 6.45) is 14.9. The van der Waals surface area contributed by atoms with Crippen molar-refractivity contribution in [3.05, 3.63) is 102 Å². The van der Waals surface area contributed by atoms with Gasteiger partial charge in [-0.2, -0.15) is 4.39 Å². The quantitative estimate of drug-likeness (QED) is 0.266. The largest absolute Gasteiger partial charge is 0.486 e. The monoisotopic (exact) mass is 474 g/mol. The maximum Gasteiger partial charge on any atom is 0.201 e. The van der Waals surface area contributed by atoms with Gasteiger partial charge in [-0.1, -0.05) is 54.6 Å². The van der Waals surface area contributed by atoms with Gasteiger partial charge in [0.1, 0.15) is 6.61 Å². The average molecular weight is 475 g/mol. The Morgan fingerprint density at radius 1 is 0.914 bits per heavy atom. The fourth-order valence-corrected chi connectivity index (χ4v) is 5.23. The predicted octanol–water partition coefficient (Wildman–Crippen LogP) is 9.10. The molecule has 3 aromatic carbocycles. The molecule has 35 heavy (non-hydrogen) atoms. The van der Waals surface area contributed by atoms with Crippen LogP contribution in [0.15, 0.2) is 73.3 Å². The van der Waals surface area contributed by atoms with Crippen LogP contribution in [0.25, 0.3) is 10.8 Å². The van der Waals surface area contributed by atoms with E-state index < -0.39 is 11.6 Å². The maximum atomic E-state index is 14.7. The molecule has 0 saturated heterocycles. The highest BCUT2D eigenvalue weighted by Gasteiger charge is 2.22. The van der Waals surface area contributed by atoms with Crippen LogP contribution < -0.4 is 4.74 Å². The lowest BCUT2D eigenvalue weighted by atomic mass is 9.77. The molecule has 0 radical (unpaired) electrons. The second-order valence-corrected chi connectivity index (χ2v) is 9.76. The average Bonchev–Trinajstić information content (AvgIpc) is 2.90. The van der Waals surface area contributed by atoms with Crippen LogP contribution in [0.2, 0.25) is 0 Å². The van der Waals surface area contributed by atoms with Crippen molar-refractivity contribution in [2.45, 2.75) is 64.2 Å². The minimum atomic E-state index is -0.926. The van der Waals surface area contributed by atoms with E-state index in [0.29, 0.717) is 16.7 Å². The molecule has 0 heterocycles. The Hall–Kier alpha value is -2.94. The van der Waals surface area contributed by atoms with Gasteiger partial charge in [0.25, 0.3) is 0 Å². The van der Waals surface area contributed by atoms with Crippen LogP contribution in [0, 0.1) is 17.6 Å². The highest BCUT2D eigenvalue weighted by atomic mass is 19.2. The number of rotatable bonds is 10. The first-order valence-corrected chi connectivity index (χ1v) is 12.9. The summed E-state index contributed by atoms with van der Waals surface area (Å²) in [6.45, 7) is 5.92. The molecule has 0 atom stereocenters. The zero-order valence-corrected chi connectivity index (χ0v) is 20.7. The first kappa shape index (κ1) is 25.2. The van der Waals surface area contributed by atoms with Crippen LogP contribution >= 0.6 is 0 Å². The van der Waals surface area contributed by atoms with Crippen LogP contribution in [0.5, 0.6) is 5.75 Å². The van der Waals surface area contributed by atoms with Gasteiger partial charge in [-0.05, 0) is 104 Å². The number of fused-ring (bicyclic) bond motifs is 1.